The van der Waals surface area contributed by atoms with Crippen LogP contribution in [0, 0.1) is 13.8 Å². The lowest BCUT2D eigenvalue weighted by Crippen LogP contribution is -2.07. The third-order valence-electron chi connectivity index (χ3n) is 2.88. The number of ether oxygens (including phenoxy) is 1. The molecule has 0 spiro atoms. The monoisotopic (exact) mass is 302 g/mol. The minimum atomic E-state index is -0.183. The van der Waals surface area contributed by atoms with Gasteiger partial charge in [-0.15, -0.1) is 11.3 Å². The van der Waals surface area contributed by atoms with E-state index in [2.05, 4.69) is 10.3 Å². The van der Waals surface area contributed by atoms with Crippen molar-refractivity contribution in [3.05, 3.63) is 46.5 Å². The van der Waals surface area contributed by atoms with Crippen LogP contribution in [-0.4, -0.2) is 17.5 Å². The van der Waals surface area contributed by atoms with Crippen molar-refractivity contribution in [2.24, 2.45) is 0 Å². The highest BCUT2D eigenvalue weighted by Crippen LogP contribution is 2.21. The van der Waals surface area contributed by atoms with Gasteiger partial charge in [0.1, 0.15) is 5.75 Å². The Balaban J connectivity index is 1.95. The first kappa shape index (κ1) is 15.3. The molecular formula is C16H18N2O2S. The molecule has 0 saturated heterocycles. The molecule has 0 aliphatic heterocycles. The van der Waals surface area contributed by atoms with Crippen molar-refractivity contribution in [3.8, 4) is 5.75 Å². The molecule has 0 atom stereocenters. The fourth-order valence-electron chi connectivity index (χ4n) is 1.69. The zero-order valence-electron chi connectivity index (χ0n) is 12.3. The number of hydrogen-bond donors (Lipinski definition) is 1. The van der Waals surface area contributed by atoms with Gasteiger partial charge in [-0.2, -0.15) is 0 Å². The molecule has 0 aliphatic carbocycles. The van der Waals surface area contributed by atoms with Crippen LogP contribution in [0.15, 0.2) is 30.3 Å². The van der Waals surface area contributed by atoms with Gasteiger partial charge in [-0.05, 0) is 44.5 Å². The molecule has 2 aromatic rings. The van der Waals surface area contributed by atoms with Gasteiger partial charge < -0.3 is 4.74 Å². The average Bonchev–Trinajstić information content (AvgIpc) is 2.77. The van der Waals surface area contributed by atoms with Gasteiger partial charge in [0.05, 0.1) is 12.3 Å². The molecule has 110 valence electrons. The van der Waals surface area contributed by atoms with Crippen molar-refractivity contribution in [2.45, 2.75) is 20.8 Å². The van der Waals surface area contributed by atoms with E-state index in [1.165, 1.54) is 17.4 Å². The van der Waals surface area contributed by atoms with Gasteiger partial charge in [-0.25, -0.2) is 4.98 Å². The Morgan fingerprint density at radius 2 is 2.05 bits per heavy atom. The molecule has 21 heavy (non-hydrogen) atoms. The molecule has 2 rings (SSSR count). The summed E-state index contributed by atoms with van der Waals surface area (Å²) in [7, 11) is 0. The van der Waals surface area contributed by atoms with E-state index in [1.807, 2.05) is 45.0 Å². The Labute approximate surface area is 128 Å². The normalized spacial score (nSPS) is 10.8. The molecule has 0 bridgehead atoms. The third kappa shape index (κ3) is 4.43. The van der Waals surface area contributed by atoms with Gasteiger partial charge in [0.15, 0.2) is 5.13 Å². The van der Waals surface area contributed by atoms with Crippen molar-refractivity contribution < 1.29 is 9.53 Å². The van der Waals surface area contributed by atoms with Gasteiger partial charge in [0.2, 0.25) is 5.91 Å². The van der Waals surface area contributed by atoms with Crippen LogP contribution >= 0.6 is 11.3 Å². The quantitative estimate of drug-likeness (QED) is 0.854. The van der Waals surface area contributed by atoms with Crippen LogP contribution in [0.4, 0.5) is 5.13 Å². The molecule has 1 aromatic heterocycles. The summed E-state index contributed by atoms with van der Waals surface area (Å²) in [5.41, 5.74) is 1.89. The highest BCUT2D eigenvalue weighted by Gasteiger charge is 2.05. The van der Waals surface area contributed by atoms with Gasteiger partial charge in [0.25, 0.3) is 0 Å². The molecule has 0 aliphatic rings. The zero-order valence-corrected chi connectivity index (χ0v) is 13.2. The Hall–Kier alpha value is -2.14. The molecule has 1 amide bonds. The molecule has 0 unspecified atom stereocenters. The topological polar surface area (TPSA) is 51.2 Å². The summed E-state index contributed by atoms with van der Waals surface area (Å²) in [5.74, 6) is 0.644. The number of hydrogen-bond acceptors (Lipinski definition) is 4. The zero-order chi connectivity index (χ0) is 15.2. The van der Waals surface area contributed by atoms with Crippen LogP contribution in [0.3, 0.4) is 0 Å². The van der Waals surface area contributed by atoms with Gasteiger partial charge >= 0.3 is 0 Å². The summed E-state index contributed by atoms with van der Waals surface area (Å²) in [6, 6.07) is 7.59. The van der Waals surface area contributed by atoms with E-state index in [9.17, 15) is 4.79 Å². The smallest absolute Gasteiger partial charge is 0.250 e. The van der Waals surface area contributed by atoms with Crippen molar-refractivity contribution in [1.82, 2.24) is 4.98 Å². The Morgan fingerprint density at radius 3 is 2.62 bits per heavy atom. The lowest BCUT2D eigenvalue weighted by molar-refractivity contribution is -0.111. The predicted molar refractivity (Wildman–Crippen MR) is 86.9 cm³/mol. The Morgan fingerprint density at radius 1 is 1.33 bits per heavy atom. The summed E-state index contributed by atoms with van der Waals surface area (Å²) < 4.78 is 5.37. The molecular weight excluding hydrogens is 284 g/mol. The van der Waals surface area contributed by atoms with Crippen LogP contribution in [0.25, 0.3) is 6.08 Å². The molecule has 0 saturated carbocycles. The lowest BCUT2D eigenvalue weighted by Gasteiger charge is -2.02. The van der Waals surface area contributed by atoms with E-state index in [1.54, 1.807) is 6.08 Å². The second-order valence-electron chi connectivity index (χ2n) is 4.49. The maximum atomic E-state index is 11.8. The first-order chi connectivity index (χ1) is 10.1. The van der Waals surface area contributed by atoms with Crippen molar-refractivity contribution in [3.63, 3.8) is 0 Å². The molecule has 1 N–H and O–H groups in total. The SMILES string of the molecule is CCOc1ccc(/C=C/C(=O)Nc2nc(C)c(C)s2)cc1. The molecule has 5 heteroatoms. The first-order valence-corrected chi connectivity index (χ1v) is 7.56. The van der Waals surface area contributed by atoms with Crippen LogP contribution in [-0.2, 0) is 4.79 Å². The fraction of sp³-hybridized carbons (Fsp3) is 0.250. The molecule has 0 radical (unpaired) electrons. The maximum absolute atomic E-state index is 11.8. The number of benzene rings is 1. The summed E-state index contributed by atoms with van der Waals surface area (Å²) >= 11 is 1.48. The largest absolute Gasteiger partial charge is 0.494 e. The first-order valence-electron chi connectivity index (χ1n) is 6.74. The highest BCUT2D eigenvalue weighted by molar-refractivity contribution is 7.15. The van der Waals surface area contributed by atoms with Gasteiger partial charge in [-0.3, -0.25) is 10.1 Å². The molecule has 0 fully saturated rings. The summed E-state index contributed by atoms with van der Waals surface area (Å²) in [6.45, 7) is 6.50. The van der Waals surface area contributed by atoms with Gasteiger partial charge in [-0.1, -0.05) is 12.1 Å². The number of rotatable bonds is 5. The van der Waals surface area contributed by atoms with E-state index in [0.29, 0.717) is 11.7 Å². The summed E-state index contributed by atoms with van der Waals surface area (Å²) in [4.78, 5) is 17.2. The third-order valence-corrected chi connectivity index (χ3v) is 3.87. The second-order valence-corrected chi connectivity index (χ2v) is 5.69. The van der Waals surface area contributed by atoms with Crippen molar-refractivity contribution in [1.29, 1.82) is 0 Å². The minimum Gasteiger partial charge on any atom is -0.494 e. The number of carbonyl (C=O) groups is 1. The van der Waals surface area contributed by atoms with Crippen LogP contribution in [0.1, 0.15) is 23.1 Å². The predicted octanol–water partition coefficient (Wildman–Crippen LogP) is 3.81. The van der Waals surface area contributed by atoms with E-state index in [4.69, 9.17) is 4.74 Å². The number of thiazole rings is 1. The average molecular weight is 302 g/mol. The minimum absolute atomic E-state index is 0.183. The van der Waals surface area contributed by atoms with Crippen LogP contribution < -0.4 is 10.1 Å². The van der Waals surface area contributed by atoms with E-state index >= 15 is 0 Å². The Bertz CT molecular complexity index is 625. The standard InChI is InChI=1S/C16H18N2O2S/c1-4-20-14-8-5-13(6-9-14)7-10-15(19)18-16-17-11(2)12(3)21-16/h5-10H,4H2,1-3H3,(H,17,18,19)/b10-7+. The molecule has 1 heterocycles. The lowest BCUT2D eigenvalue weighted by atomic mass is 10.2. The number of nitrogens with zero attached hydrogens (tertiary/aromatic N) is 1. The summed E-state index contributed by atoms with van der Waals surface area (Å²) in [6.07, 6.45) is 3.26. The molecule has 1 aromatic carbocycles. The number of nitrogens with one attached hydrogen (secondary N) is 1. The van der Waals surface area contributed by atoms with Crippen molar-refractivity contribution >= 4 is 28.5 Å². The Kier molecular flexibility index (Phi) is 5.11. The number of anilines is 1. The highest BCUT2D eigenvalue weighted by atomic mass is 32.1. The summed E-state index contributed by atoms with van der Waals surface area (Å²) in [5, 5.41) is 3.39. The van der Waals surface area contributed by atoms with Crippen LogP contribution in [0.2, 0.25) is 0 Å². The van der Waals surface area contributed by atoms with Gasteiger partial charge in [0, 0.05) is 11.0 Å². The second kappa shape index (κ2) is 7.04. The number of aryl methyl sites for hydroxylation is 2. The van der Waals surface area contributed by atoms with Crippen molar-refractivity contribution in [2.75, 3.05) is 11.9 Å². The molecule has 4 nitrogen and oxygen atoms in total. The van der Waals surface area contributed by atoms with E-state index < -0.39 is 0 Å². The maximum Gasteiger partial charge on any atom is 0.250 e. The number of amides is 1. The number of carbonyl (C=O) groups excluding carboxylic acids is 1. The fourth-order valence-corrected chi connectivity index (χ4v) is 2.50. The van der Waals surface area contributed by atoms with E-state index in [0.717, 1.165) is 21.9 Å². The number of aromatic nitrogens is 1. The van der Waals surface area contributed by atoms with E-state index in [-0.39, 0.29) is 5.91 Å². The van der Waals surface area contributed by atoms with Crippen LogP contribution in [0.5, 0.6) is 5.75 Å².